The number of benzene rings is 1. The van der Waals surface area contributed by atoms with Crippen LogP contribution >= 0.6 is 11.6 Å². The predicted octanol–water partition coefficient (Wildman–Crippen LogP) is 3.43. The topological polar surface area (TPSA) is 95.9 Å². The van der Waals surface area contributed by atoms with Gasteiger partial charge in [-0.15, -0.1) is 0 Å². The number of hydrogen-bond donors (Lipinski definition) is 2. The summed E-state index contributed by atoms with van der Waals surface area (Å²) in [4.78, 5) is 39.4. The molecule has 2 fully saturated rings. The molecule has 3 unspecified atom stereocenters. The second-order valence-corrected chi connectivity index (χ2v) is 9.24. The summed E-state index contributed by atoms with van der Waals surface area (Å²) >= 11 is 5.94. The largest absolute Gasteiger partial charge is 0.480 e. The van der Waals surface area contributed by atoms with E-state index in [1.54, 1.807) is 30.9 Å². The molecule has 1 saturated carbocycles. The Morgan fingerprint density at radius 2 is 1.91 bits per heavy atom. The van der Waals surface area contributed by atoms with Gasteiger partial charge in [-0.2, -0.15) is 0 Å². The maximum absolute atomic E-state index is 13.4. The number of carbonyl (C=O) groups excluding carboxylic acids is 2. The first kappa shape index (κ1) is 24.5. The number of carboxylic acid groups (broad SMARTS) is 1. The molecule has 2 aliphatic rings. The van der Waals surface area contributed by atoms with Crippen molar-refractivity contribution in [3.05, 3.63) is 34.9 Å². The van der Waals surface area contributed by atoms with Crippen molar-refractivity contribution in [2.75, 3.05) is 6.61 Å². The average Bonchev–Trinajstić information content (AvgIpc) is 3.17. The number of esters is 1. The number of likely N-dealkylation sites (tertiary alicyclic amines) is 1. The number of halogens is 1. The van der Waals surface area contributed by atoms with Crippen LogP contribution in [0.4, 0.5) is 0 Å². The highest BCUT2D eigenvalue weighted by Crippen LogP contribution is 2.40. The van der Waals surface area contributed by atoms with Crippen molar-refractivity contribution in [3.63, 3.8) is 0 Å². The van der Waals surface area contributed by atoms with Crippen LogP contribution in [-0.2, 0) is 25.5 Å². The van der Waals surface area contributed by atoms with Gasteiger partial charge in [-0.05, 0) is 69.6 Å². The Morgan fingerprint density at radius 1 is 1.22 bits per heavy atom. The molecule has 0 bridgehead atoms. The lowest BCUT2D eigenvalue weighted by molar-refractivity contribution is -0.152. The highest BCUT2D eigenvalue weighted by atomic mass is 35.5. The lowest BCUT2D eigenvalue weighted by Crippen LogP contribution is -2.55. The molecule has 176 valence electrons. The van der Waals surface area contributed by atoms with Crippen molar-refractivity contribution in [2.45, 2.75) is 83.0 Å². The maximum Gasteiger partial charge on any atom is 0.326 e. The molecule has 3 rings (SSSR count). The molecule has 1 amide bonds. The van der Waals surface area contributed by atoms with E-state index in [-0.39, 0.29) is 24.5 Å². The third kappa shape index (κ3) is 5.81. The molecule has 0 spiro atoms. The second-order valence-electron chi connectivity index (χ2n) is 8.81. The van der Waals surface area contributed by atoms with Gasteiger partial charge in [-0.1, -0.05) is 36.6 Å². The first-order valence-corrected chi connectivity index (χ1v) is 11.9. The maximum atomic E-state index is 13.4. The highest BCUT2D eigenvalue weighted by Gasteiger charge is 2.48. The van der Waals surface area contributed by atoms with Gasteiger partial charge in [0.1, 0.15) is 12.1 Å². The van der Waals surface area contributed by atoms with Crippen molar-refractivity contribution < 1.29 is 24.2 Å². The summed E-state index contributed by atoms with van der Waals surface area (Å²) < 4.78 is 5.22. The van der Waals surface area contributed by atoms with Gasteiger partial charge in [0.25, 0.3) is 0 Å². The Morgan fingerprint density at radius 3 is 2.56 bits per heavy atom. The fraction of sp³-hybridized carbons (Fsp3) is 0.625. The summed E-state index contributed by atoms with van der Waals surface area (Å²) in [6.45, 7) is 3.69. The lowest BCUT2D eigenvalue weighted by atomic mass is 9.84. The van der Waals surface area contributed by atoms with Gasteiger partial charge in [0.15, 0.2) is 0 Å². The fourth-order valence-corrected chi connectivity index (χ4v) is 5.19. The molecule has 1 aliphatic heterocycles. The molecule has 7 nitrogen and oxygen atoms in total. The van der Waals surface area contributed by atoms with Crippen LogP contribution in [0.2, 0.25) is 5.02 Å². The Kier molecular flexibility index (Phi) is 8.54. The standard InChI is InChI=1S/C24H33ClN2O5/c1-3-32-24(31)19(13-10-16-8-11-18(25)12-9-16)26-15(2)22(28)27-20-7-5-4-6-17(20)14-21(27)23(29)30/h8-9,11-12,15,17,19-21,26H,3-7,10,13-14H2,1-2H3,(H,29,30)/t15-,17?,19?,20?,21-/m0/s1. The summed E-state index contributed by atoms with van der Waals surface area (Å²) in [5, 5.41) is 13.5. The summed E-state index contributed by atoms with van der Waals surface area (Å²) in [7, 11) is 0. The molecule has 1 aromatic carbocycles. The second kappa shape index (κ2) is 11.1. The van der Waals surface area contributed by atoms with Crippen molar-refractivity contribution in [2.24, 2.45) is 5.92 Å². The van der Waals surface area contributed by atoms with E-state index in [4.69, 9.17) is 16.3 Å². The zero-order chi connectivity index (χ0) is 23.3. The molecule has 1 aromatic rings. The quantitative estimate of drug-likeness (QED) is 0.543. The first-order chi connectivity index (χ1) is 15.3. The number of aryl methyl sites for hydroxylation is 1. The smallest absolute Gasteiger partial charge is 0.326 e. The van der Waals surface area contributed by atoms with Crippen LogP contribution in [0.3, 0.4) is 0 Å². The van der Waals surface area contributed by atoms with Gasteiger partial charge in [0, 0.05) is 11.1 Å². The number of carboxylic acids is 1. The molecule has 1 aliphatic carbocycles. The van der Waals surface area contributed by atoms with Crippen molar-refractivity contribution in [1.82, 2.24) is 10.2 Å². The SMILES string of the molecule is CCOC(=O)C(CCc1ccc(Cl)cc1)N[C@@H](C)C(=O)N1C2CCCCC2C[C@H]1C(=O)O. The van der Waals surface area contributed by atoms with E-state index in [9.17, 15) is 19.5 Å². The molecular weight excluding hydrogens is 432 g/mol. The molecule has 8 heteroatoms. The van der Waals surface area contributed by atoms with E-state index >= 15 is 0 Å². The number of hydrogen-bond acceptors (Lipinski definition) is 5. The van der Waals surface area contributed by atoms with E-state index in [2.05, 4.69) is 5.32 Å². The van der Waals surface area contributed by atoms with E-state index in [0.717, 1.165) is 31.2 Å². The van der Waals surface area contributed by atoms with Gasteiger partial charge < -0.3 is 14.7 Å². The van der Waals surface area contributed by atoms with E-state index in [1.807, 2.05) is 12.1 Å². The molecule has 1 heterocycles. The number of amides is 1. The van der Waals surface area contributed by atoms with Crippen molar-refractivity contribution in [1.29, 1.82) is 0 Å². The van der Waals surface area contributed by atoms with Crippen LogP contribution in [0.1, 0.15) is 57.9 Å². The molecule has 1 saturated heterocycles. The van der Waals surface area contributed by atoms with Gasteiger partial charge in [-0.3, -0.25) is 14.9 Å². The normalized spacial score (nSPS) is 24.5. The average molecular weight is 465 g/mol. The minimum Gasteiger partial charge on any atom is -0.480 e. The number of fused-ring (bicyclic) bond motifs is 1. The molecule has 2 N–H and O–H groups in total. The first-order valence-electron chi connectivity index (χ1n) is 11.5. The molecule has 32 heavy (non-hydrogen) atoms. The van der Waals surface area contributed by atoms with Crippen LogP contribution in [0.15, 0.2) is 24.3 Å². The highest BCUT2D eigenvalue weighted by molar-refractivity contribution is 6.30. The Balaban J connectivity index is 1.69. The van der Waals surface area contributed by atoms with E-state index < -0.39 is 30.1 Å². The van der Waals surface area contributed by atoms with Gasteiger partial charge >= 0.3 is 11.9 Å². The Hall–Kier alpha value is -2.12. The third-order valence-corrected chi connectivity index (χ3v) is 6.91. The fourth-order valence-electron chi connectivity index (χ4n) is 5.07. The summed E-state index contributed by atoms with van der Waals surface area (Å²) in [6, 6.07) is 5.22. The monoisotopic (exact) mass is 464 g/mol. The Labute approximate surface area is 194 Å². The lowest BCUT2D eigenvalue weighted by Gasteiger charge is -2.35. The van der Waals surface area contributed by atoms with Crippen molar-refractivity contribution in [3.8, 4) is 0 Å². The number of aliphatic carboxylic acids is 1. The minimum absolute atomic E-state index is 0.0308. The molecular formula is C24H33ClN2O5. The molecule has 0 radical (unpaired) electrons. The van der Waals surface area contributed by atoms with Gasteiger partial charge in [-0.25, -0.2) is 4.79 Å². The summed E-state index contributed by atoms with van der Waals surface area (Å²) in [5.74, 6) is -1.38. The van der Waals surface area contributed by atoms with Gasteiger partial charge in [0.05, 0.1) is 12.6 Å². The summed E-state index contributed by atoms with van der Waals surface area (Å²) in [6.07, 6.45) is 5.46. The van der Waals surface area contributed by atoms with Gasteiger partial charge in [0.2, 0.25) is 5.91 Å². The predicted molar refractivity (Wildman–Crippen MR) is 121 cm³/mol. The summed E-state index contributed by atoms with van der Waals surface area (Å²) in [5.41, 5.74) is 1.03. The number of rotatable bonds is 9. The molecule has 0 aromatic heterocycles. The van der Waals surface area contributed by atoms with Crippen LogP contribution in [-0.4, -0.2) is 58.6 Å². The Bertz CT molecular complexity index is 815. The van der Waals surface area contributed by atoms with Crippen LogP contribution < -0.4 is 5.32 Å². The van der Waals surface area contributed by atoms with Crippen LogP contribution in [0, 0.1) is 5.92 Å². The zero-order valence-electron chi connectivity index (χ0n) is 18.8. The third-order valence-electron chi connectivity index (χ3n) is 6.66. The van der Waals surface area contributed by atoms with E-state index in [1.165, 1.54) is 0 Å². The number of carbonyl (C=O) groups is 3. The minimum atomic E-state index is -0.954. The number of nitrogens with zero attached hydrogens (tertiary/aromatic N) is 1. The van der Waals surface area contributed by atoms with E-state index in [0.29, 0.717) is 24.3 Å². The van der Waals surface area contributed by atoms with Crippen LogP contribution in [0.5, 0.6) is 0 Å². The number of nitrogens with one attached hydrogen (secondary N) is 1. The van der Waals surface area contributed by atoms with Crippen LogP contribution in [0.25, 0.3) is 0 Å². The number of ether oxygens (including phenoxy) is 1. The molecule has 5 atom stereocenters. The zero-order valence-corrected chi connectivity index (χ0v) is 19.5. The van der Waals surface area contributed by atoms with Crippen molar-refractivity contribution >= 4 is 29.4 Å².